The number of benzene rings is 1. The Bertz CT molecular complexity index is 623. The highest BCUT2D eigenvalue weighted by Crippen LogP contribution is 2.23. The molecule has 1 aliphatic carbocycles. The van der Waals surface area contributed by atoms with E-state index >= 15 is 0 Å². The first-order valence-corrected chi connectivity index (χ1v) is 8.08. The molecule has 4 rings (SSSR count). The predicted octanol–water partition coefficient (Wildman–Crippen LogP) is 2.60. The second-order valence-electron chi connectivity index (χ2n) is 6.37. The topological polar surface area (TPSA) is 41.1 Å². The number of hydrogen-bond donors (Lipinski definition) is 1. The Balaban J connectivity index is 1.47. The summed E-state index contributed by atoms with van der Waals surface area (Å²) in [6.45, 7) is 3.31. The van der Waals surface area contributed by atoms with Crippen molar-refractivity contribution < 1.29 is 0 Å². The molecular weight excluding hydrogens is 260 g/mol. The molecule has 0 bridgehead atoms. The van der Waals surface area contributed by atoms with Gasteiger partial charge in [0, 0.05) is 30.7 Å². The summed E-state index contributed by atoms with van der Waals surface area (Å²) in [5.41, 5.74) is 1.04. The van der Waals surface area contributed by atoms with Crippen LogP contribution in [0.2, 0.25) is 0 Å². The summed E-state index contributed by atoms with van der Waals surface area (Å²) in [4.78, 5) is 11.7. The summed E-state index contributed by atoms with van der Waals surface area (Å²) in [6, 6.07) is 9.01. The average molecular weight is 282 g/mol. The second kappa shape index (κ2) is 5.60. The van der Waals surface area contributed by atoms with Crippen molar-refractivity contribution in [1.29, 1.82) is 0 Å². The van der Waals surface area contributed by atoms with Crippen molar-refractivity contribution in [2.45, 2.75) is 31.7 Å². The number of anilines is 1. The summed E-state index contributed by atoms with van der Waals surface area (Å²) in [7, 11) is 0. The monoisotopic (exact) mass is 282 g/mol. The van der Waals surface area contributed by atoms with E-state index < -0.39 is 0 Å². The first-order chi connectivity index (χ1) is 10.4. The fraction of sp³-hybridized carbons (Fsp3) is 0.529. The SMILES string of the molecule is c1ccc2nc(N3CCCC(CNC4CC4)C3)ncc2c1. The molecule has 1 unspecified atom stereocenters. The van der Waals surface area contributed by atoms with Crippen LogP contribution in [0.5, 0.6) is 0 Å². The van der Waals surface area contributed by atoms with Crippen LogP contribution in [0.3, 0.4) is 0 Å². The highest BCUT2D eigenvalue weighted by atomic mass is 15.3. The highest BCUT2D eigenvalue weighted by molar-refractivity contribution is 5.78. The van der Waals surface area contributed by atoms with Gasteiger partial charge in [0.2, 0.25) is 5.95 Å². The van der Waals surface area contributed by atoms with Gasteiger partial charge in [-0.2, -0.15) is 0 Å². The van der Waals surface area contributed by atoms with E-state index in [0.29, 0.717) is 0 Å². The van der Waals surface area contributed by atoms with Gasteiger partial charge in [0.15, 0.2) is 0 Å². The zero-order chi connectivity index (χ0) is 14.1. The van der Waals surface area contributed by atoms with Gasteiger partial charge in [0.1, 0.15) is 0 Å². The van der Waals surface area contributed by atoms with Crippen LogP contribution in [0.25, 0.3) is 10.9 Å². The average Bonchev–Trinajstić information content (AvgIpc) is 3.37. The van der Waals surface area contributed by atoms with E-state index in [-0.39, 0.29) is 0 Å². The Morgan fingerprint density at radius 3 is 3.00 bits per heavy atom. The van der Waals surface area contributed by atoms with Crippen LogP contribution >= 0.6 is 0 Å². The Morgan fingerprint density at radius 1 is 1.19 bits per heavy atom. The van der Waals surface area contributed by atoms with Crippen LogP contribution in [0.15, 0.2) is 30.5 Å². The molecule has 1 atom stereocenters. The smallest absolute Gasteiger partial charge is 0.225 e. The molecule has 1 aromatic carbocycles. The highest BCUT2D eigenvalue weighted by Gasteiger charge is 2.25. The summed E-state index contributed by atoms with van der Waals surface area (Å²) >= 11 is 0. The number of nitrogens with zero attached hydrogens (tertiary/aromatic N) is 3. The zero-order valence-corrected chi connectivity index (χ0v) is 12.3. The Hall–Kier alpha value is -1.68. The normalized spacial score (nSPS) is 22.7. The summed E-state index contributed by atoms with van der Waals surface area (Å²) < 4.78 is 0. The van der Waals surface area contributed by atoms with Gasteiger partial charge < -0.3 is 10.2 Å². The van der Waals surface area contributed by atoms with E-state index in [4.69, 9.17) is 4.98 Å². The van der Waals surface area contributed by atoms with Gasteiger partial charge in [-0.25, -0.2) is 9.97 Å². The molecule has 2 fully saturated rings. The minimum absolute atomic E-state index is 0.731. The van der Waals surface area contributed by atoms with Gasteiger partial charge in [-0.15, -0.1) is 0 Å². The van der Waals surface area contributed by atoms with Crippen LogP contribution in [-0.2, 0) is 0 Å². The van der Waals surface area contributed by atoms with Crippen molar-refractivity contribution >= 4 is 16.9 Å². The van der Waals surface area contributed by atoms with Crippen molar-refractivity contribution in [2.24, 2.45) is 5.92 Å². The largest absolute Gasteiger partial charge is 0.340 e. The maximum absolute atomic E-state index is 4.74. The predicted molar refractivity (Wildman–Crippen MR) is 85.5 cm³/mol. The number of rotatable bonds is 4. The van der Waals surface area contributed by atoms with Crippen LogP contribution in [0.4, 0.5) is 5.95 Å². The lowest BCUT2D eigenvalue weighted by molar-refractivity contribution is 0.388. The lowest BCUT2D eigenvalue weighted by Crippen LogP contribution is -2.40. The number of piperidine rings is 1. The van der Waals surface area contributed by atoms with Crippen LogP contribution < -0.4 is 10.2 Å². The molecular formula is C17H22N4. The molecule has 0 amide bonds. The van der Waals surface area contributed by atoms with Gasteiger partial charge in [0.25, 0.3) is 0 Å². The van der Waals surface area contributed by atoms with Crippen LogP contribution in [-0.4, -0.2) is 35.6 Å². The van der Waals surface area contributed by atoms with Gasteiger partial charge in [0.05, 0.1) is 5.52 Å². The first kappa shape index (κ1) is 13.0. The third-order valence-electron chi connectivity index (χ3n) is 4.55. The molecule has 2 aliphatic rings. The number of fused-ring (bicyclic) bond motifs is 1. The van der Waals surface area contributed by atoms with E-state index in [0.717, 1.165) is 48.4 Å². The maximum Gasteiger partial charge on any atom is 0.225 e. The van der Waals surface area contributed by atoms with Crippen molar-refractivity contribution in [2.75, 3.05) is 24.5 Å². The number of nitrogens with one attached hydrogen (secondary N) is 1. The molecule has 2 heterocycles. The Kier molecular flexibility index (Phi) is 3.47. The van der Waals surface area contributed by atoms with E-state index in [1.54, 1.807) is 0 Å². The maximum atomic E-state index is 4.74. The van der Waals surface area contributed by atoms with E-state index in [1.807, 2.05) is 18.3 Å². The second-order valence-corrected chi connectivity index (χ2v) is 6.37. The number of para-hydroxylation sites is 1. The fourth-order valence-electron chi connectivity index (χ4n) is 3.15. The molecule has 21 heavy (non-hydrogen) atoms. The molecule has 1 N–H and O–H groups in total. The van der Waals surface area contributed by atoms with E-state index in [1.165, 1.54) is 25.7 Å². The van der Waals surface area contributed by atoms with Crippen LogP contribution in [0, 0.1) is 5.92 Å². The van der Waals surface area contributed by atoms with Gasteiger partial charge in [-0.05, 0) is 44.2 Å². The molecule has 4 nitrogen and oxygen atoms in total. The fourth-order valence-corrected chi connectivity index (χ4v) is 3.15. The lowest BCUT2D eigenvalue weighted by Gasteiger charge is -2.33. The minimum Gasteiger partial charge on any atom is -0.340 e. The van der Waals surface area contributed by atoms with E-state index in [9.17, 15) is 0 Å². The molecule has 0 radical (unpaired) electrons. The molecule has 4 heteroatoms. The van der Waals surface area contributed by atoms with Crippen molar-refractivity contribution in [3.05, 3.63) is 30.5 Å². The molecule has 1 saturated heterocycles. The number of hydrogen-bond acceptors (Lipinski definition) is 4. The van der Waals surface area contributed by atoms with Gasteiger partial charge in [-0.3, -0.25) is 0 Å². The number of aromatic nitrogens is 2. The minimum atomic E-state index is 0.731. The first-order valence-electron chi connectivity index (χ1n) is 8.08. The van der Waals surface area contributed by atoms with Crippen molar-refractivity contribution in [3.63, 3.8) is 0 Å². The Morgan fingerprint density at radius 2 is 2.10 bits per heavy atom. The van der Waals surface area contributed by atoms with Crippen molar-refractivity contribution in [3.8, 4) is 0 Å². The van der Waals surface area contributed by atoms with Gasteiger partial charge >= 0.3 is 0 Å². The third-order valence-corrected chi connectivity index (χ3v) is 4.55. The molecule has 2 aromatic rings. The summed E-state index contributed by atoms with van der Waals surface area (Å²) in [5.74, 6) is 1.62. The van der Waals surface area contributed by atoms with Crippen LogP contribution in [0.1, 0.15) is 25.7 Å². The lowest BCUT2D eigenvalue weighted by atomic mass is 9.98. The quantitative estimate of drug-likeness (QED) is 0.936. The summed E-state index contributed by atoms with van der Waals surface area (Å²) in [6.07, 6.45) is 7.25. The van der Waals surface area contributed by atoms with E-state index in [2.05, 4.69) is 27.3 Å². The van der Waals surface area contributed by atoms with Crippen molar-refractivity contribution in [1.82, 2.24) is 15.3 Å². The molecule has 110 valence electrons. The zero-order valence-electron chi connectivity index (χ0n) is 12.3. The third kappa shape index (κ3) is 3.00. The molecule has 1 saturated carbocycles. The standard InChI is InChI=1S/C17H22N4/c1-2-6-16-14(5-1)11-19-17(20-16)21-9-3-4-13(12-21)10-18-15-7-8-15/h1-2,5-6,11,13,15,18H,3-4,7-10,12H2. The summed E-state index contributed by atoms with van der Waals surface area (Å²) in [5, 5.41) is 4.78. The Labute approximate surface area is 125 Å². The molecule has 1 aromatic heterocycles. The van der Waals surface area contributed by atoms with Gasteiger partial charge in [-0.1, -0.05) is 18.2 Å². The molecule has 0 spiro atoms. The molecule has 1 aliphatic heterocycles.